The van der Waals surface area contributed by atoms with Crippen LogP contribution in [0.4, 0.5) is 0 Å². The lowest BCUT2D eigenvalue weighted by Crippen LogP contribution is -2.35. The van der Waals surface area contributed by atoms with Crippen molar-refractivity contribution in [1.29, 1.82) is 0 Å². The van der Waals surface area contributed by atoms with E-state index < -0.39 is 0 Å². The Morgan fingerprint density at radius 2 is 2.00 bits per heavy atom. The van der Waals surface area contributed by atoms with Crippen LogP contribution in [-0.2, 0) is 0 Å². The number of hydrogen-bond acceptors (Lipinski definition) is 2. The summed E-state index contributed by atoms with van der Waals surface area (Å²) in [6.07, 6.45) is 4.33. The highest BCUT2D eigenvalue weighted by Crippen LogP contribution is 2.30. The third-order valence-corrected chi connectivity index (χ3v) is 4.16. The summed E-state index contributed by atoms with van der Waals surface area (Å²) in [4.78, 5) is 2.60. The third kappa shape index (κ3) is 2.84. The molecule has 0 atom stereocenters. The third-order valence-electron chi connectivity index (χ3n) is 4.16. The fourth-order valence-electron chi connectivity index (χ4n) is 3.19. The Labute approximate surface area is 115 Å². The first kappa shape index (κ1) is 12.7. The summed E-state index contributed by atoms with van der Waals surface area (Å²) in [5.41, 5.74) is 2.48. The first-order valence-corrected chi connectivity index (χ1v) is 7.42. The second-order valence-corrected chi connectivity index (χ2v) is 6.19. The van der Waals surface area contributed by atoms with Gasteiger partial charge in [-0.1, -0.05) is 26.0 Å². The van der Waals surface area contributed by atoms with Crippen LogP contribution in [0.3, 0.4) is 0 Å². The van der Waals surface area contributed by atoms with Crippen molar-refractivity contribution in [1.82, 2.24) is 4.90 Å². The summed E-state index contributed by atoms with van der Waals surface area (Å²) in [5, 5.41) is 1.21. The molecule has 0 unspecified atom stereocenters. The molecule has 3 rings (SSSR count). The summed E-state index contributed by atoms with van der Waals surface area (Å²) in [6, 6.07) is 8.73. The van der Waals surface area contributed by atoms with E-state index in [9.17, 15) is 0 Å². The fraction of sp³-hybridized carbons (Fsp3) is 0.529. The van der Waals surface area contributed by atoms with Crippen LogP contribution in [0.5, 0.6) is 0 Å². The Morgan fingerprint density at radius 3 is 2.74 bits per heavy atom. The molecule has 0 bridgehead atoms. The molecule has 1 aliphatic rings. The van der Waals surface area contributed by atoms with Crippen LogP contribution in [0.1, 0.15) is 38.2 Å². The number of fused-ring (bicyclic) bond motifs is 1. The van der Waals surface area contributed by atoms with Crippen LogP contribution >= 0.6 is 0 Å². The molecule has 0 amide bonds. The fourth-order valence-corrected chi connectivity index (χ4v) is 3.19. The second kappa shape index (κ2) is 5.38. The number of furan rings is 1. The van der Waals surface area contributed by atoms with Gasteiger partial charge in [0.05, 0.1) is 6.26 Å². The van der Waals surface area contributed by atoms with E-state index in [1.165, 1.54) is 43.4 Å². The van der Waals surface area contributed by atoms with Gasteiger partial charge < -0.3 is 9.32 Å². The Bertz CT molecular complexity index is 535. The molecule has 1 aliphatic heterocycles. The van der Waals surface area contributed by atoms with Crippen molar-refractivity contribution in [2.75, 3.05) is 19.6 Å². The molecule has 19 heavy (non-hydrogen) atoms. The van der Waals surface area contributed by atoms with E-state index in [0.29, 0.717) is 5.92 Å². The van der Waals surface area contributed by atoms with Crippen LogP contribution in [0.15, 0.2) is 34.9 Å². The smallest absolute Gasteiger partial charge is 0.134 e. The van der Waals surface area contributed by atoms with Crippen LogP contribution in [0.2, 0.25) is 0 Å². The van der Waals surface area contributed by atoms with Crippen LogP contribution < -0.4 is 0 Å². The molecule has 2 heterocycles. The highest BCUT2D eigenvalue weighted by Gasteiger charge is 2.21. The number of hydrogen-bond donors (Lipinski definition) is 0. The Kier molecular flexibility index (Phi) is 3.61. The average Bonchev–Trinajstić information content (AvgIpc) is 2.86. The van der Waals surface area contributed by atoms with E-state index in [4.69, 9.17) is 4.42 Å². The molecule has 0 N–H and O–H groups in total. The van der Waals surface area contributed by atoms with E-state index in [-0.39, 0.29) is 0 Å². The van der Waals surface area contributed by atoms with Crippen molar-refractivity contribution in [3.05, 3.63) is 36.1 Å². The Hall–Kier alpha value is -1.28. The van der Waals surface area contributed by atoms with Gasteiger partial charge in [-0.05, 0) is 55.5 Å². The van der Waals surface area contributed by atoms with Crippen molar-refractivity contribution in [2.24, 2.45) is 5.92 Å². The monoisotopic (exact) mass is 257 g/mol. The minimum Gasteiger partial charge on any atom is -0.464 e. The van der Waals surface area contributed by atoms with Crippen LogP contribution in [0.25, 0.3) is 11.0 Å². The molecule has 1 saturated heterocycles. The molecule has 0 saturated carbocycles. The lowest BCUT2D eigenvalue weighted by molar-refractivity contribution is 0.192. The number of nitrogens with zero attached hydrogens (tertiary/aromatic N) is 1. The molecular formula is C17H23NO. The van der Waals surface area contributed by atoms with E-state index in [2.05, 4.69) is 36.9 Å². The molecule has 102 valence electrons. The van der Waals surface area contributed by atoms with Gasteiger partial charge >= 0.3 is 0 Å². The largest absolute Gasteiger partial charge is 0.464 e. The van der Waals surface area contributed by atoms with Crippen molar-refractivity contribution >= 4 is 11.0 Å². The minimum absolute atomic E-state index is 0.706. The lowest BCUT2D eigenvalue weighted by Gasteiger charge is -2.33. The number of benzene rings is 1. The molecule has 2 aromatic rings. The molecule has 1 aromatic carbocycles. The highest BCUT2D eigenvalue weighted by atomic mass is 16.3. The van der Waals surface area contributed by atoms with Crippen molar-refractivity contribution in [2.45, 2.75) is 32.6 Å². The number of rotatable bonds is 3. The molecule has 1 aromatic heterocycles. The zero-order valence-corrected chi connectivity index (χ0v) is 11.9. The molecule has 2 heteroatoms. The highest BCUT2D eigenvalue weighted by molar-refractivity contribution is 5.77. The summed E-state index contributed by atoms with van der Waals surface area (Å²) in [5.74, 6) is 1.48. The van der Waals surface area contributed by atoms with E-state index >= 15 is 0 Å². The summed E-state index contributed by atoms with van der Waals surface area (Å²) >= 11 is 0. The predicted octanol–water partition coefficient (Wildman–Crippen LogP) is 4.27. The van der Waals surface area contributed by atoms with E-state index in [1.54, 1.807) is 6.26 Å². The quantitative estimate of drug-likeness (QED) is 0.816. The zero-order chi connectivity index (χ0) is 13.2. The van der Waals surface area contributed by atoms with Gasteiger partial charge in [-0.2, -0.15) is 0 Å². The normalized spacial score (nSPS) is 18.5. The van der Waals surface area contributed by atoms with E-state index in [0.717, 1.165) is 11.5 Å². The second-order valence-electron chi connectivity index (χ2n) is 6.19. The topological polar surface area (TPSA) is 16.4 Å². The zero-order valence-electron chi connectivity index (χ0n) is 11.9. The van der Waals surface area contributed by atoms with Gasteiger partial charge in [0.25, 0.3) is 0 Å². The maximum Gasteiger partial charge on any atom is 0.134 e. The van der Waals surface area contributed by atoms with Crippen molar-refractivity contribution in [3.63, 3.8) is 0 Å². The molecule has 0 spiro atoms. The van der Waals surface area contributed by atoms with Crippen molar-refractivity contribution in [3.8, 4) is 0 Å². The van der Waals surface area contributed by atoms with Crippen LogP contribution in [-0.4, -0.2) is 24.5 Å². The van der Waals surface area contributed by atoms with Gasteiger partial charge in [0.1, 0.15) is 5.58 Å². The van der Waals surface area contributed by atoms with Gasteiger partial charge in [-0.3, -0.25) is 0 Å². The summed E-state index contributed by atoms with van der Waals surface area (Å²) < 4.78 is 5.51. The first-order chi connectivity index (χ1) is 9.22. The molecule has 0 radical (unpaired) electrons. The molecular weight excluding hydrogens is 234 g/mol. The first-order valence-electron chi connectivity index (χ1n) is 7.42. The van der Waals surface area contributed by atoms with E-state index in [1.807, 2.05) is 6.07 Å². The van der Waals surface area contributed by atoms with Gasteiger partial charge in [-0.15, -0.1) is 0 Å². The average molecular weight is 257 g/mol. The van der Waals surface area contributed by atoms with Gasteiger partial charge in [0, 0.05) is 11.9 Å². The predicted molar refractivity (Wildman–Crippen MR) is 79.5 cm³/mol. The van der Waals surface area contributed by atoms with Crippen LogP contribution in [0, 0.1) is 5.92 Å². The molecule has 1 fully saturated rings. The molecule has 2 nitrogen and oxygen atoms in total. The lowest BCUT2D eigenvalue weighted by atomic mass is 9.89. The van der Waals surface area contributed by atoms with Gasteiger partial charge in [-0.25, -0.2) is 0 Å². The number of piperidine rings is 1. The summed E-state index contributed by atoms with van der Waals surface area (Å²) in [7, 11) is 0. The maximum absolute atomic E-state index is 5.51. The van der Waals surface area contributed by atoms with Crippen molar-refractivity contribution < 1.29 is 4.42 Å². The Morgan fingerprint density at radius 1 is 1.21 bits per heavy atom. The molecule has 0 aliphatic carbocycles. The number of likely N-dealkylation sites (tertiary alicyclic amines) is 1. The van der Waals surface area contributed by atoms with Gasteiger partial charge in [0.2, 0.25) is 0 Å². The SMILES string of the molecule is CC(C)CN1CCC(c2ccc3ccoc3c2)CC1. The minimum atomic E-state index is 0.706. The van der Waals surface area contributed by atoms with Gasteiger partial charge in [0.15, 0.2) is 0 Å². The summed E-state index contributed by atoms with van der Waals surface area (Å²) in [6.45, 7) is 8.32. The maximum atomic E-state index is 5.51. The standard InChI is InChI=1S/C17H23NO/c1-13(2)12-18-8-5-14(6-9-18)16-4-3-15-7-10-19-17(15)11-16/h3-4,7,10-11,13-14H,5-6,8-9,12H2,1-2H3. The Balaban J connectivity index is 1.67.